The minimum absolute atomic E-state index is 0.0756. The van der Waals surface area contributed by atoms with Gasteiger partial charge in [-0.3, -0.25) is 0 Å². The van der Waals surface area contributed by atoms with Gasteiger partial charge in [0, 0.05) is 28.2 Å². The van der Waals surface area contributed by atoms with E-state index in [-0.39, 0.29) is 5.57 Å². The van der Waals surface area contributed by atoms with E-state index in [2.05, 4.69) is 22.6 Å². The molecule has 0 saturated heterocycles. The van der Waals surface area contributed by atoms with Gasteiger partial charge in [-0.25, -0.2) is 18.0 Å². The van der Waals surface area contributed by atoms with Crippen LogP contribution in [0.1, 0.15) is 18.1 Å². The van der Waals surface area contributed by atoms with E-state index in [0.29, 0.717) is 17.7 Å². The van der Waals surface area contributed by atoms with Crippen molar-refractivity contribution in [2.45, 2.75) is 12.7 Å². The van der Waals surface area contributed by atoms with Crippen molar-refractivity contribution in [2.24, 2.45) is 0 Å². The number of rotatable bonds is 2. The van der Waals surface area contributed by atoms with Gasteiger partial charge in [0.2, 0.25) is 5.79 Å². The summed E-state index contributed by atoms with van der Waals surface area (Å²) in [6.45, 7) is 1.20. The summed E-state index contributed by atoms with van der Waals surface area (Å²) in [5, 5.41) is 10.4. The normalized spacial score (nSPS) is 20.5. The lowest BCUT2D eigenvalue weighted by Gasteiger charge is -2.20. The first-order chi connectivity index (χ1) is 11.2. The van der Waals surface area contributed by atoms with Gasteiger partial charge in [-0.15, -0.1) is 0 Å². The molecule has 0 fully saturated rings. The molecule has 0 aromatic heterocycles. The Bertz CT molecular complexity index is 850. The van der Waals surface area contributed by atoms with Crippen molar-refractivity contribution >= 4 is 39.7 Å². The number of hydrogen-bond donors (Lipinski definition) is 1. The molecule has 3 nitrogen and oxygen atoms in total. The van der Waals surface area contributed by atoms with Crippen molar-refractivity contribution in [1.82, 2.24) is 0 Å². The molecule has 2 aromatic rings. The van der Waals surface area contributed by atoms with Crippen LogP contribution in [0.3, 0.4) is 0 Å². The minimum Gasteiger partial charge on any atom is -0.425 e. The van der Waals surface area contributed by atoms with Crippen molar-refractivity contribution in [2.75, 3.05) is 0 Å². The van der Waals surface area contributed by atoms with Crippen LogP contribution in [0.5, 0.6) is 0 Å². The van der Waals surface area contributed by atoms with Gasteiger partial charge in [0.25, 0.3) is 0 Å². The summed E-state index contributed by atoms with van der Waals surface area (Å²) in [5.74, 6) is -6.76. The molecule has 0 radical (unpaired) electrons. The first-order valence-electron chi connectivity index (χ1n) is 6.82. The van der Waals surface area contributed by atoms with Crippen molar-refractivity contribution in [3.05, 3.63) is 68.5 Å². The first kappa shape index (κ1) is 17.0. The summed E-state index contributed by atoms with van der Waals surface area (Å²) in [7, 11) is 0. The molecule has 1 N–H and O–H groups in total. The second-order valence-electron chi connectivity index (χ2n) is 5.37. The Morgan fingerprint density at radius 1 is 1.08 bits per heavy atom. The highest BCUT2D eigenvalue weighted by Gasteiger charge is 2.45. The molecule has 1 atom stereocenters. The summed E-state index contributed by atoms with van der Waals surface area (Å²) < 4.78 is 47.2. The van der Waals surface area contributed by atoms with Gasteiger partial charge in [-0.2, -0.15) is 0 Å². The maximum atomic E-state index is 14.1. The van der Waals surface area contributed by atoms with Crippen LogP contribution in [0.4, 0.5) is 13.2 Å². The van der Waals surface area contributed by atoms with Crippen molar-refractivity contribution in [3.63, 3.8) is 0 Å². The average molecular weight is 446 g/mol. The molecular weight excluding hydrogens is 436 g/mol. The van der Waals surface area contributed by atoms with Crippen molar-refractivity contribution in [3.8, 4) is 0 Å². The Kier molecular flexibility index (Phi) is 4.16. The van der Waals surface area contributed by atoms with Crippen LogP contribution >= 0.6 is 22.6 Å². The highest BCUT2D eigenvalue weighted by atomic mass is 127. The highest BCUT2D eigenvalue weighted by Crippen LogP contribution is 2.43. The van der Waals surface area contributed by atoms with Gasteiger partial charge in [0.15, 0.2) is 0 Å². The number of hydrogen-bond acceptors (Lipinski definition) is 3. The van der Waals surface area contributed by atoms with E-state index < -0.39 is 40.3 Å². The number of esters is 1. The maximum Gasteiger partial charge on any atom is 0.342 e. The van der Waals surface area contributed by atoms with Gasteiger partial charge in [-0.05, 0) is 40.3 Å². The maximum absolute atomic E-state index is 14.1. The molecule has 1 aliphatic heterocycles. The van der Waals surface area contributed by atoms with Gasteiger partial charge >= 0.3 is 5.97 Å². The van der Waals surface area contributed by atoms with Crippen molar-refractivity contribution in [1.29, 1.82) is 0 Å². The first-order valence-corrected chi connectivity index (χ1v) is 7.90. The number of carbonyl (C=O) groups is 1. The van der Waals surface area contributed by atoms with Crippen LogP contribution in [0.2, 0.25) is 0 Å². The Labute approximate surface area is 148 Å². The third-order valence-corrected chi connectivity index (χ3v) is 4.32. The van der Waals surface area contributed by atoms with Gasteiger partial charge < -0.3 is 9.84 Å². The van der Waals surface area contributed by atoms with E-state index in [1.54, 1.807) is 24.3 Å². The third kappa shape index (κ3) is 2.82. The minimum atomic E-state index is -2.06. The summed E-state index contributed by atoms with van der Waals surface area (Å²) in [6, 6.07) is 7.53. The standard InChI is InChI=1S/C17H10F3IO3/c1-17(23)15(8-2-4-10(21)5-3-8)14(16(22)24-17)13-11(19)6-9(18)7-12(13)20/h2-7,23H,1H3. The molecule has 7 heteroatoms. The van der Waals surface area contributed by atoms with E-state index in [0.717, 1.165) is 3.57 Å². The fraction of sp³-hybridized carbons (Fsp3) is 0.118. The molecule has 0 bridgehead atoms. The number of carbonyl (C=O) groups excluding carboxylic acids is 1. The summed E-state index contributed by atoms with van der Waals surface area (Å²) >= 11 is 2.07. The second kappa shape index (κ2) is 5.89. The van der Waals surface area contributed by atoms with Gasteiger partial charge in [0.1, 0.15) is 17.5 Å². The molecule has 24 heavy (non-hydrogen) atoms. The summed E-state index contributed by atoms with van der Waals surface area (Å²) in [5.41, 5.74) is -0.901. The fourth-order valence-electron chi connectivity index (χ4n) is 2.65. The van der Waals surface area contributed by atoms with Crippen LogP contribution in [0.25, 0.3) is 11.1 Å². The second-order valence-corrected chi connectivity index (χ2v) is 6.62. The molecule has 3 rings (SSSR count). The van der Waals surface area contributed by atoms with Crippen molar-refractivity contribution < 1.29 is 27.8 Å². The zero-order valence-corrected chi connectivity index (χ0v) is 14.4. The quantitative estimate of drug-likeness (QED) is 0.563. The zero-order valence-electron chi connectivity index (χ0n) is 12.2. The smallest absolute Gasteiger partial charge is 0.342 e. The number of aliphatic hydroxyl groups is 1. The summed E-state index contributed by atoms with van der Waals surface area (Å²) in [6.07, 6.45) is 0. The number of cyclic esters (lactones) is 1. The molecule has 1 aliphatic rings. The van der Waals surface area contributed by atoms with Crippen LogP contribution < -0.4 is 0 Å². The Morgan fingerprint density at radius 2 is 1.62 bits per heavy atom. The largest absolute Gasteiger partial charge is 0.425 e. The lowest BCUT2D eigenvalue weighted by Crippen LogP contribution is -2.26. The van der Waals surface area contributed by atoms with Gasteiger partial charge in [0.05, 0.1) is 11.1 Å². The Balaban J connectivity index is 2.34. The van der Waals surface area contributed by atoms with Crippen LogP contribution in [0.15, 0.2) is 36.4 Å². The molecule has 0 amide bonds. The molecule has 0 spiro atoms. The zero-order chi connectivity index (χ0) is 17.6. The topological polar surface area (TPSA) is 46.5 Å². The SMILES string of the molecule is CC1(O)OC(=O)C(c2c(F)cc(F)cc2F)=C1c1ccc(I)cc1. The number of benzene rings is 2. The molecule has 2 aromatic carbocycles. The molecular formula is C17H10F3IO3. The van der Waals surface area contributed by atoms with Crippen LogP contribution in [-0.2, 0) is 9.53 Å². The number of ether oxygens (including phenoxy) is 1. The molecule has 1 heterocycles. The molecule has 0 aliphatic carbocycles. The van der Waals surface area contributed by atoms with E-state index in [1.165, 1.54) is 6.92 Å². The van der Waals surface area contributed by atoms with E-state index >= 15 is 0 Å². The average Bonchev–Trinajstić information content (AvgIpc) is 2.68. The predicted octanol–water partition coefficient (Wildman–Crippen LogP) is 3.88. The Morgan fingerprint density at radius 3 is 2.17 bits per heavy atom. The van der Waals surface area contributed by atoms with E-state index in [4.69, 9.17) is 4.74 Å². The van der Waals surface area contributed by atoms with E-state index in [1.807, 2.05) is 0 Å². The monoisotopic (exact) mass is 446 g/mol. The molecule has 1 unspecified atom stereocenters. The third-order valence-electron chi connectivity index (χ3n) is 3.60. The van der Waals surface area contributed by atoms with Gasteiger partial charge in [-0.1, -0.05) is 12.1 Å². The molecule has 124 valence electrons. The lowest BCUT2D eigenvalue weighted by molar-refractivity contribution is -0.169. The number of halogens is 4. The van der Waals surface area contributed by atoms with Crippen LogP contribution in [0, 0.1) is 21.0 Å². The lowest BCUT2D eigenvalue weighted by atomic mass is 9.91. The Hall–Kier alpha value is -1.87. The highest BCUT2D eigenvalue weighted by molar-refractivity contribution is 14.1. The fourth-order valence-corrected chi connectivity index (χ4v) is 3.01. The molecule has 0 saturated carbocycles. The predicted molar refractivity (Wildman–Crippen MR) is 89.0 cm³/mol. The van der Waals surface area contributed by atoms with Crippen LogP contribution in [-0.4, -0.2) is 16.9 Å². The summed E-state index contributed by atoms with van der Waals surface area (Å²) in [4.78, 5) is 12.2. The van der Waals surface area contributed by atoms with E-state index in [9.17, 15) is 23.1 Å².